The Bertz CT molecular complexity index is 1140. The Morgan fingerprint density at radius 1 is 1.35 bits per heavy atom. The topological polar surface area (TPSA) is 92.8 Å². The van der Waals surface area contributed by atoms with E-state index in [-0.39, 0.29) is 18.3 Å². The van der Waals surface area contributed by atoms with Gasteiger partial charge in [0.25, 0.3) is 0 Å². The number of hydrogen-bond donors (Lipinski definition) is 1. The van der Waals surface area contributed by atoms with Gasteiger partial charge in [0.2, 0.25) is 5.91 Å². The highest BCUT2D eigenvalue weighted by atomic mass is 35.5. The van der Waals surface area contributed by atoms with Crippen LogP contribution in [0.5, 0.6) is 5.75 Å². The average Bonchev–Trinajstić information content (AvgIpc) is 3.13. The minimum absolute atomic E-state index is 0.0887. The van der Waals surface area contributed by atoms with Gasteiger partial charge in [0, 0.05) is 11.6 Å². The molecule has 0 radical (unpaired) electrons. The predicted molar refractivity (Wildman–Crippen MR) is 121 cm³/mol. The predicted octanol–water partition coefficient (Wildman–Crippen LogP) is 4.61. The molecule has 0 bridgehead atoms. The van der Waals surface area contributed by atoms with Crippen molar-refractivity contribution in [1.82, 2.24) is 14.8 Å². The molecule has 1 aromatic heterocycles. The summed E-state index contributed by atoms with van der Waals surface area (Å²) < 4.78 is 7.67. The smallest absolute Gasteiger partial charge is 0.234 e. The van der Waals surface area contributed by atoms with Gasteiger partial charge in [0.1, 0.15) is 18.4 Å². The van der Waals surface area contributed by atoms with Gasteiger partial charge in [-0.1, -0.05) is 41.6 Å². The molecule has 0 saturated heterocycles. The van der Waals surface area contributed by atoms with Gasteiger partial charge in [-0.25, -0.2) is 0 Å². The second kappa shape index (κ2) is 10.7. The van der Waals surface area contributed by atoms with E-state index in [2.05, 4.69) is 22.1 Å². The van der Waals surface area contributed by atoms with E-state index < -0.39 is 0 Å². The van der Waals surface area contributed by atoms with Crippen LogP contribution < -0.4 is 10.1 Å². The van der Waals surface area contributed by atoms with Gasteiger partial charge in [-0.2, -0.15) is 5.26 Å². The Labute approximate surface area is 189 Å². The van der Waals surface area contributed by atoms with Crippen LogP contribution in [-0.4, -0.2) is 26.4 Å². The van der Waals surface area contributed by atoms with Gasteiger partial charge in [-0.3, -0.25) is 9.36 Å². The first-order chi connectivity index (χ1) is 15.0. The molecule has 9 heteroatoms. The number of nitrogens with one attached hydrogen (secondary N) is 1. The molecule has 31 heavy (non-hydrogen) atoms. The number of ether oxygens (including phenoxy) is 1. The number of thioether (sulfide) groups is 1. The quantitative estimate of drug-likeness (QED) is 0.375. The van der Waals surface area contributed by atoms with Crippen LogP contribution in [0.4, 0.5) is 5.69 Å². The van der Waals surface area contributed by atoms with E-state index in [0.29, 0.717) is 33.8 Å². The van der Waals surface area contributed by atoms with Crippen LogP contribution in [0.1, 0.15) is 17.0 Å². The first kappa shape index (κ1) is 22.4. The monoisotopic (exact) mass is 453 g/mol. The van der Waals surface area contributed by atoms with Crippen molar-refractivity contribution in [2.45, 2.75) is 25.2 Å². The Kier molecular flexibility index (Phi) is 7.70. The highest BCUT2D eigenvalue weighted by molar-refractivity contribution is 7.99. The fraction of sp³-hybridized carbons (Fsp3) is 0.182. The molecule has 0 atom stereocenters. The van der Waals surface area contributed by atoms with Crippen molar-refractivity contribution in [3.05, 3.63) is 77.1 Å². The summed E-state index contributed by atoms with van der Waals surface area (Å²) in [4.78, 5) is 12.4. The van der Waals surface area contributed by atoms with Crippen molar-refractivity contribution in [3.8, 4) is 11.8 Å². The third-order valence-electron chi connectivity index (χ3n) is 4.17. The van der Waals surface area contributed by atoms with E-state index in [9.17, 15) is 10.1 Å². The van der Waals surface area contributed by atoms with Gasteiger partial charge >= 0.3 is 0 Å². The number of hydrogen-bond acceptors (Lipinski definition) is 6. The summed E-state index contributed by atoms with van der Waals surface area (Å²) in [5.74, 6) is 1.18. The molecule has 0 spiro atoms. The van der Waals surface area contributed by atoms with Crippen LogP contribution in [0.15, 0.2) is 60.3 Å². The van der Waals surface area contributed by atoms with Crippen molar-refractivity contribution in [3.63, 3.8) is 0 Å². The van der Waals surface area contributed by atoms with Crippen molar-refractivity contribution < 1.29 is 9.53 Å². The third kappa shape index (κ3) is 6.10. The van der Waals surface area contributed by atoms with E-state index >= 15 is 0 Å². The molecule has 0 aliphatic carbocycles. The Balaban J connectivity index is 1.65. The molecule has 1 heterocycles. The molecule has 0 aliphatic rings. The summed E-state index contributed by atoms with van der Waals surface area (Å²) in [6, 6.07) is 14.5. The third-order valence-corrected chi connectivity index (χ3v) is 5.37. The molecule has 1 N–H and O–H groups in total. The number of rotatable bonds is 9. The number of nitriles is 1. The molecular formula is C22H20ClN5O2S. The number of halogens is 1. The van der Waals surface area contributed by atoms with Crippen LogP contribution in [0.3, 0.4) is 0 Å². The molecule has 0 saturated carbocycles. The molecule has 7 nitrogen and oxygen atoms in total. The maximum absolute atomic E-state index is 12.4. The number of anilines is 1. The standard InChI is InChI=1S/C22H20ClN5O2S/c1-3-9-28-20(13-30-18-6-4-5-15(2)10-18)26-27-22(28)31-14-21(29)25-19-11-17(23)8-7-16(19)12-24/h3-8,10-11H,1,9,13-14H2,2H3,(H,25,29). The van der Waals surface area contributed by atoms with Crippen molar-refractivity contribution in [2.75, 3.05) is 11.1 Å². The van der Waals surface area contributed by atoms with E-state index in [1.165, 1.54) is 11.8 Å². The molecular weight excluding hydrogens is 434 g/mol. The number of allylic oxidation sites excluding steroid dienone is 1. The van der Waals surface area contributed by atoms with Gasteiger partial charge in [0.15, 0.2) is 11.0 Å². The molecule has 3 rings (SSSR count). The van der Waals surface area contributed by atoms with E-state index in [1.54, 1.807) is 24.3 Å². The minimum Gasteiger partial charge on any atom is -0.486 e. The molecule has 2 aromatic carbocycles. The number of aryl methyl sites for hydroxylation is 1. The Morgan fingerprint density at radius 2 is 2.19 bits per heavy atom. The number of benzene rings is 2. The average molecular weight is 454 g/mol. The van der Waals surface area contributed by atoms with Crippen LogP contribution in [0, 0.1) is 18.3 Å². The lowest BCUT2D eigenvalue weighted by atomic mass is 10.2. The van der Waals surface area contributed by atoms with Gasteiger partial charge < -0.3 is 10.1 Å². The number of carbonyl (C=O) groups is 1. The van der Waals surface area contributed by atoms with Gasteiger partial charge in [-0.05, 0) is 42.8 Å². The zero-order valence-corrected chi connectivity index (χ0v) is 18.4. The highest BCUT2D eigenvalue weighted by Crippen LogP contribution is 2.22. The summed E-state index contributed by atoms with van der Waals surface area (Å²) in [5.41, 5.74) is 1.82. The van der Waals surface area contributed by atoms with Gasteiger partial charge in [-0.15, -0.1) is 16.8 Å². The largest absolute Gasteiger partial charge is 0.486 e. The van der Waals surface area contributed by atoms with Crippen LogP contribution in [0.2, 0.25) is 5.02 Å². The second-order valence-corrected chi connectivity index (χ2v) is 7.92. The van der Waals surface area contributed by atoms with Crippen molar-refractivity contribution >= 4 is 35.0 Å². The normalized spacial score (nSPS) is 10.4. The van der Waals surface area contributed by atoms with Crippen LogP contribution in [0.25, 0.3) is 0 Å². The zero-order valence-electron chi connectivity index (χ0n) is 16.8. The molecule has 0 unspecified atom stereocenters. The van der Waals surface area contributed by atoms with E-state index in [0.717, 1.165) is 11.3 Å². The summed E-state index contributed by atoms with van der Waals surface area (Å²) in [6.07, 6.45) is 1.73. The van der Waals surface area contributed by atoms with E-state index in [1.807, 2.05) is 41.8 Å². The fourth-order valence-corrected chi connectivity index (χ4v) is 3.67. The van der Waals surface area contributed by atoms with Crippen LogP contribution in [-0.2, 0) is 17.9 Å². The SMILES string of the molecule is C=CCn1c(COc2cccc(C)c2)nnc1SCC(=O)Nc1cc(Cl)ccc1C#N. The molecule has 0 aliphatic heterocycles. The maximum atomic E-state index is 12.4. The van der Waals surface area contributed by atoms with Crippen LogP contribution >= 0.6 is 23.4 Å². The summed E-state index contributed by atoms with van der Waals surface area (Å²) in [7, 11) is 0. The zero-order chi connectivity index (χ0) is 22.2. The molecule has 1 amide bonds. The maximum Gasteiger partial charge on any atom is 0.234 e. The Hall–Kier alpha value is -3.28. The first-order valence-electron chi connectivity index (χ1n) is 9.35. The first-order valence-corrected chi connectivity index (χ1v) is 10.7. The van der Waals surface area contributed by atoms with E-state index in [4.69, 9.17) is 16.3 Å². The Morgan fingerprint density at radius 3 is 2.94 bits per heavy atom. The van der Waals surface area contributed by atoms with Crippen molar-refractivity contribution in [2.24, 2.45) is 0 Å². The van der Waals surface area contributed by atoms with Crippen molar-refractivity contribution in [1.29, 1.82) is 5.26 Å². The summed E-state index contributed by atoms with van der Waals surface area (Å²) in [6.45, 7) is 6.50. The molecule has 158 valence electrons. The minimum atomic E-state index is -0.283. The number of amides is 1. The lowest BCUT2D eigenvalue weighted by Gasteiger charge is -2.10. The molecule has 3 aromatic rings. The highest BCUT2D eigenvalue weighted by Gasteiger charge is 2.15. The number of carbonyl (C=O) groups excluding carboxylic acids is 1. The fourth-order valence-electron chi connectivity index (χ4n) is 2.73. The summed E-state index contributed by atoms with van der Waals surface area (Å²) >= 11 is 7.20. The lowest BCUT2D eigenvalue weighted by Crippen LogP contribution is -2.15. The number of aromatic nitrogens is 3. The van der Waals surface area contributed by atoms with Gasteiger partial charge in [0.05, 0.1) is 17.0 Å². The second-order valence-electron chi connectivity index (χ2n) is 6.54. The summed E-state index contributed by atoms with van der Waals surface area (Å²) in [5, 5.41) is 21.3. The molecule has 0 fully saturated rings. The lowest BCUT2D eigenvalue weighted by molar-refractivity contribution is -0.113. The number of nitrogens with zero attached hydrogens (tertiary/aromatic N) is 4.